The molecule has 0 N–H and O–H groups in total. The number of hydrogen-bond acceptors (Lipinski definition) is 3. The number of hydrogen-bond donors (Lipinski definition) is 0. The Morgan fingerprint density at radius 1 is 1.17 bits per heavy atom. The van der Waals surface area contributed by atoms with Gasteiger partial charge in [0.1, 0.15) is 0 Å². The van der Waals surface area contributed by atoms with Crippen LogP contribution < -0.4 is 0 Å². The second-order valence-corrected chi connectivity index (χ2v) is 6.62. The Bertz CT molecular complexity index is 589. The van der Waals surface area contributed by atoms with Crippen LogP contribution in [-0.2, 0) is 0 Å². The zero-order valence-electron chi connectivity index (χ0n) is 8.97. The molecule has 0 unspecified atom stereocenters. The molecule has 0 heterocycles. The molecule has 0 amide bonds. The molecule has 92 valence electrons. The molecule has 18 heavy (non-hydrogen) atoms. The summed E-state index contributed by atoms with van der Waals surface area (Å²) in [5.74, 6) is 0. The lowest BCUT2D eigenvalue weighted by Crippen LogP contribution is -1.86. The van der Waals surface area contributed by atoms with E-state index in [4.69, 9.17) is 0 Å². The molecule has 0 aliphatic carbocycles. The Kier molecular flexibility index (Phi) is 4.63. The van der Waals surface area contributed by atoms with Crippen molar-refractivity contribution in [2.75, 3.05) is 0 Å². The van der Waals surface area contributed by atoms with Crippen molar-refractivity contribution in [3.8, 4) is 0 Å². The van der Waals surface area contributed by atoms with Crippen molar-refractivity contribution in [1.82, 2.24) is 0 Å². The molecule has 2 aromatic carbocycles. The average Bonchev–Trinajstić information content (AvgIpc) is 2.33. The molecule has 0 radical (unpaired) electrons. The molecule has 3 nitrogen and oxygen atoms in total. The van der Waals surface area contributed by atoms with E-state index in [0.717, 1.165) is 17.8 Å². The standard InChI is InChI=1S/C12H7BrINO2S/c13-8-1-6-12(11(14)7-8)18-10-4-2-9(3-5-10)15(16)17/h1-7H. The zero-order chi connectivity index (χ0) is 13.1. The van der Waals surface area contributed by atoms with Gasteiger partial charge in [0.15, 0.2) is 0 Å². The Labute approximate surface area is 130 Å². The minimum atomic E-state index is -0.391. The van der Waals surface area contributed by atoms with Gasteiger partial charge in [-0.1, -0.05) is 27.7 Å². The normalized spacial score (nSPS) is 10.3. The van der Waals surface area contributed by atoms with Gasteiger partial charge in [-0.25, -0.2) is 0 Å². The van der Waals surface area contributed by atoms with Crippen LogP contribution >= 0.6 is 50.3 Å². The highest BCUT2D eigenvalue weighted by Crippen LogP contribution is 2.33. The van der Waals surface area contributed by atoms with E-state index in [1.807, 2.05) is 18.2 Å². The first kappa shape index (κ1) is 13.8. The van der Waals surface area contributed by atoms with Crippen LogP contribution in [-0.4, -0.2) is 4.92 Å². The van der Waals surface area contributed by atoms with Gasteiger partial charge in [0.2, 0.25) is 0 Å². The van der Waals surface area contributed by atoms with Crippen molar-refractivity contribution in [2.24, 2.45) is 0 Å². The van der Waals surface area contributed by atoms with Crippen LogP contribution in [0.2, 0.25) is 0 Å². The van der Waals surface area contributed by atoms with Gasteiger partial charge in [-0.2, -0.15) is 0 Å². The summed E-state index contributed by atoms with van der Waals surface area (Å²) in [5, 5.41) is 10.6. The van der Waals surface area contributed by atoms with Crippen molar-refractivity contribution in [3.63, 3.8) is 0 Å². The number of nitro groups is 1. The van der Waals surface area contributed by atoms with Crippen LogP contribution in [0, 0.1) is 13.7 Å². The van der Waals surface area contributed by atoms with Crippen LogP contribution in [0.15, 0.2) is 56.7 Å². The van der Waals surface area contributed by atoms with Crippen molar-refractivity contribution in [2.45, 2.75) is 9.79 Å². The largest absolute Gasteiger partial charge is 0.269 e. The molecule has 0 saturated carbocycles. The van der Waals surface area contributed by atoms with E-state index in [1.54, 1.807) is 23.9 Å². The van der Waals surface area contributed by atoms with Gasteiger partial charge in [0.25, 0.3) is 5.69 Å². The van der Waals surface area contributed by atoms with Crippen molar-refractivity contribution in [3.05, 3.63) is 60.6 Å². The summed E-state index contributed by atoms with van der Waals surface area (Å²) in [5.41, 5.74) is 0.116. The molecule has 0 aliphatic rings. The summed E-state index contributed by atoms with van der Waals surface area (Å²) in [6, 6.07) is 12.6. The third kappa shape index (κ3) is 3.46. The summed E-state index contributed by atoms with van der Waals surface area (Å²) in [7, 11) is 0. The van der Waals surface area contributed by atoms with Gasteiger partial charge in [0, 0.05) is 30.0 Å². The van der Waals surface area contributed by atoms with Gasteiger partial charge in [-0.15, -0.1) is 0 Å². The second kappa shape index (κ2) is 6.03. The molecule has 2 aromatic rings. The van der Waals surface area contributed by atoms with E-state index in [0.29, 0.717) is 0 Å². The predicted octanol–water partition coefficient (Wildman–Crippen LogP) is 5.11. The van der Waals surface area contributed by atoms with Crippen molar-refractivity contribution < 1.29 is 4.92 Å². The highest BCUT2D eigenvalue weighted by atomic mass is 127. The maximum absolute atomic E-state index is 10.6. The molecule has 2 rings (SSSR count). The van der Waals surface area contributed by atoms with Gasteiger partial charge in [-0.05, 0) is 52.9 Å². The predicted molar refractivity (Wildman–Crippen MR) is 84.1 cm³/mol. The first-order valence-electron chi connectivity index (χ1n) is 4.93. The lowest BCUT2D eigenvalue weighted by molar-refractivity contribution is -0.384. The summed E-state index contributed by atoms with van der Waals surface area (Å²) >= 11 is 7.28. The third-order valence-corrected chi connectivity index (χ3v) is 5.00. The summed E-state index contributed by atoms with van der Waals surface area (Å²) in [6.45, 7) is 0. The van der Waals surface area contributed by atoms with Gasteiger partial charge in [0.05, 0.1) is 4.92 Å². The molecule has 6 heteroatoms. The van der Waals surface area contributed by atoms with Gasteiger partial charge >= 0.3 is 0 Å². The fraction of sp³-hybridized carbons (Fsp3) is 0. The van der Waals surface area contributed by atoms with E-state index in [9.17, 15) is 10.1 Å². The molecule has 0 saturated heterocycles. The zero-order valence-corrected chi connectivity index (χ0v) is 13.5. The lowest BCUT2D eigenvalue weighted by Gasteiger charge is -2.04. The maximum atomic E-state index is 10.6. The molecule has 0 aromatic heterocycles. The van der Waals surface area contributed by atoms with Gasteiger partial charge in [-0.3, -0.25) is 10.1 Å². The monoisotopic (exact) mass is 435 g/mol. The number of nitrogens with zero attached hydrogens (tertiary/aromatic N) is 1. The van der Waals surface area contributed by atoms with Crippen LogP contribution in [0.3, 0.4) is 0 Å². The van der Waals surface area contributed by atoms with Crippen molar-refractivity contribution in [1.29, 1.82) is 0 Å². The fourth-order valence-electron chi connectivity index (χ4n) is 1.32. The summed E-state index contributed by atoms with van der Waals surface area (Å²) in [4.78, 5) is 12.3. The number of rotatable bonds is 3. The lowest BCUT2D eigenvalue weighted by atomic mass is 10.3. The van der Waals surface area contributed by atoms with Crippen molar-refractivity contribution >= 4 is 56.0 Å². The molecule has 0 fully saturated rings. The van der Waals surface area contributed by atoms with Crippen LogP contribution in [0.5, 0.6) is 0 Å². The maximum Gasteiger partial charge on any atom is 0.269 e. The smallest absolute Gasteiger partial charge is 0.258 e. The first-order chi connectivity index (χ1) is 8.56. The molecular formula is C12H7BrINO2S. The summed E-state index contributed by atoms with van der Waals surface area (Å²) in [6.07, 6.45) is 0. The topological polar surface area (TPSA) is 43.1 Å². The minimum Gasteiger partial charge on any atom is -0.258 e. The average molecular weight is 436 g/mol. The van der Waals surface area contributed by atoms with E-state index in [1.165, 1.54) is 12.1 Å². The number of benzene rings is 2. The SMILES string of the molecule is O=[N+]([O-])c1ccc(Sc2ccc(Br)cc2I)cc1. The molecule has 0 aliphatic heterocycles. The summed E-state index contributed by atoms with van der Waals surface area (Å²) < 4.78 is 2.19. The van der Waals surface area contributed by atoms with Crippen LogP contribution in [0.1, 0.15) is 0 Å². The number of non-ortho nitro benzene ring substituents is 1. The van der Waals surface area contributed by atoms with Crippen LogP contribution in [0.25, 0.3) is 0 Å². The molecule has 0 bridgehead atoms. The molecular weight excluding hydrogens is 429 g/mol. The fourth-order valence-corrected chi connectivity index (χ4v) is 3.77. The van der Waals surface area contributed by atoms with E-state index < -0.39 is 4.92 Å². The molecule has 0 spiro atoms. The molecule has 0 atom stereocenters. The highest BCUT2D eigenvalue weighted by molar-refractivity contribution is 14.1. The highest BCUT2D eigenvalue weighted by Gasteiger charge is 2.06. The van der Waals surface area contributed by atoms with Crippen LogP contribution in [0.4, 0.5) is 5.69 Å². The third-order valence-electron chi connectivity index (χ3n) is 2.17. The van der Waals surface area contributed by atoms with E-state index in [2.05, 4.69) is 38.5 Å². The Morgan fingerprint density at radius 3 is 2.39 bits per heavy atom. The van der Waals surface area contributed by atoms with Gasteiger partial charge < -0.3 is 0 Å². The quantitative estimate of drug-likeness (QED) is 0.382. The minimum absolute atomic E-state index is 0.116. The number of nitro benzene ring substituents is 1. The van der Waals surface area contributed by atoms with E-state index >= 15 is 0 Å². The Balaban J connectivity index is 2.21. The Hall–Kier alpha value is -0.600. The van der Waals surface area contributed by atoms with E-state index in [-0.39, 0.29) is 5.69 Å². The number of halogens is 2. The first-order valence-corrected chi connectivity index (χ1v) is 7.62. The Morgan fingerprint density at radius 2 is 1.83 bits per heavy atom. The second-order valence-electron chi connectivity index (χ2n) is 3.43.